The topological polar surface area (TPSA) is 29.9 Å². The lowest BCUT2D eigenvalue weighted by atomic mass is 9.84. The standard InChI is InChI=1S/C35H31N2O/c1-21-7-12-29-28-13-10-23-5-3-4-6-27(23)34(28)38-35(29)33(21)32-19-25(15-16-37(32)2)31-14-11-26(20-36-31)30-18-22-8-9-24(30)17-22/h3-7,10-16,19-20,22,24,30H,8-9,17-18H2,1-2H3/q+1/i30D. The summed E-state index contributed by atoms with van der Waals surface area (Å²) in [5.74, 6) is 0.758. The molecule has 2 bridgehead atoms. The Balaban J connectivity index is 1.25. The minimum absolute atomic E-state index is 0.457. The molecule has 3 heteroatoms. The number of aryl methyl sites for hydroxylation is 2. The van der Waals surface area contributed by atoms with Crippen molar-refractivity contribution in [2.45, 2.75) is 38.5 Å². The number of hydrogen-bond donors (Lipinski definition) is 0. The summed E-state index contributed by atoms with van der Waals surface area (Å²) in [4.78, 5) is 4.89. The summed E-state index contributed by atoms with van der Waals surface area (Å²) in [5.41, 5.74) is 8.33. The fraction of sp³-hybridized carbons (Fsp3) is 0.257. The Hall–Kier alpha value is -3.98. The molecule has 6 aromatic rings. The Morgan fingerprint density at radius 3 is 2.58 bits per heavy atom. The molecule has 3 aromatic heterocycles. The predicted molar refractivity (Wildman–Crippen MR) is 154 cm³/mol. The van der Waals surface area contributed by atoms with Crippen LogP contribution in [0.25, 0.3) is 55.2 Å². The van der Waals surface area contributed by atoms with Crippen LogP contribution >= 0.6 is 0 Å². The second-order valence-electron chi connectivity index (χ2n) is 11.3. The van der Waals surface area contributed by atoms with Crippen LogP contribution in [0.2, 0.25) is 0 Å². The molecule has 3 atom stereocenters. The van der Waals surface area contributed by atoms with Crippen molar-refractivity contribution in [1.82, 2.24) is 4.98 Å². The highest BCUT2D eigenvalue weighted by molar-refractivity contribution is 6.17. The normalized spacial score (nSPS) is 23.1. The van der Waals surface area contributed by atoms with Crippen molar-refractivity contribution in [2.24, 2.45) is 18.9 Å². The minimum atomic E-state index is -0.457. The van der Waals surface area contributed by atoms with E-state index in [1.54, 1.807) is 0 Å². The van der Waals surface area contributed by atoms with E-state index in [1.165, 1.54) is 30.2 Å². The van der Waals surface area contributed by atoms with Crippen molar-refractivity contribution in [2.75, 3.05) is 0 Å². The van der Waals surface area contributed by atoms with Gasteiger partial charge in [0.15, 0.2) is 6.20 Å². The summed E-state index contributed by atoms with van der Waals surface area (Å²) < 4.78 is 18.1. The molecule has 8 rings (SSSR count). The van der Waals surface area contributed by atoms with Crippen molar-refractivity contribution in [3.05, 3.63) is 96.3 Å². The van der Waals surface area contributed by atoms with E-state index in [4.69, 9.17) is 9.40 Å². The van der Waals surface area contributed by atoms with Crippen LogP contribution in [-0.2, 0) is 7.05 Å². The molecule has 0 aliphatic heterocycles. The van der Waals surface area contributed by atoms with Crippen LogP contribution in [0.15, 0.2) is 89.6 Å². The average molecular weight is 497 g/mol. The van der Waals surface area contributed by atoms with Gasteiger partial charge in [0.05, 0.1) is 11.3 Å². The lowest BCUT2D eigenvalue weighted by Crippen LogP contribution is -2.30. The van der Waals surface area contributed by atoms with Crippen molar-refractivity contribution in [3.8, 4) is 22.5 Å². The second-order valence-corrected chi connectivity index (χ2v) is 11.3. The zero-order valence-corrected chi connectivity index (χ0v) is 21.9. The maximum Gasteiger partial charge on any atom is 0.217 e. The summed E-state index contributed by atoms with van der Waals surface area (Å²) in [6.45, 7) is 2.16. The SMILES string of the molecule is [2H]C1(c2ccc(-c3cc[n+](C)c(-c4c(C)ccc5c4oc4c6ccccc6ccc54)c3)nc2)CC2CCC1C2. The Morgan fingerprint density at radius 1 is 0.895 bits per heavy atom. The fourth-order valence-electron chi connectivity index (χ4n) is 7.12. The van der Waals surface area contributed by atoms with Crippen LogP contribution in [0.3, 0.4) is 0 Å². The molecule has 2 aliphatic rings. The van der Waals surface area contributed by atoms with Crippen LogP contribution in [0.1, 0.15) is 44.1 Å². The van der Waals surface area contributed by atoms with Crippen molar-refractivity contribution >= 4 is 32.7 Å². The molecular formula is C35H31N2O+. The van der Waals surface area contributed by atoms with E-state index >= 15 is 0 Å². The maximum absolute atomic E-state index is 9.20. The molecule has 3 unspecified atom stereocenters. The molecule has 2 saturated carbocycles. The van der Waals surface area contributed by atoms with E-state index in [9.17, 15) is 1.37 Å². The molecule has 0 N–H and O–H groups in total. The summed E-state index contributed by atoms with van der Waals surface area (Å²) in [5, 5.41) is 4.60. The van der Waals surface area contributed by atoms with Gasteiger partial charge in [0.25, 0.3) is 0 Å². The molecule has 0 radical (unpaired) electrons. The maximum atomic E-state index is 9.20. The first kappa shape index (κ1) is 21.0. The molecule has 3 nitrogen and oxygen atoms in total. The van der Waals surface area contributed by atoms with Crippen molar-refractivity contribution < 1.29 is 10.4 Å². The van der Waals surface area contributed by atoms with Crippen LogP contribution in [0.4, 0.5) is 0 Å². The summed E-state index contributed by atoms with van der Waals surface area (Å²) >= 11 is 0. The van der Waals surface area contributed by atoms with E-state index in [-0.39, 0.29) is 0 Å². The van der Waals surface area contributed by atoms with Crippen molar-refractivity contribution in [1.29, 1.82) is 0 Å². The molecule has 0 spiro atoms. The van der Waals surface area contributed by atoms with Crippen LogP contribution in [-0.4, -0.2) is 4.98 Å². The zero-order valence-electron chi connectivity index (χ0n) is 22.9. The Morgan fingerprint density at radius 2 is 1.76 bits per heavy atom. The highest BCUT2D eigenvalue weighted by Gasteiger charge is 2.40. The van der Waals surface area contributed by atoms with Gasteiger partial charge in [0.1, 0.15) is 18.2 Å². The third-order valence-corrected chi connectivity index (χ3v) is 9.12. The number of benzene rings is 3. The first-order valence-electron chi connectivity index (χ1n) is 14.3. The molecule has 2 aliphatic carbocycles. The quantitative estimate of drug-likeness (QED) is 0.230. The van der Waals surface area contributed by atoms with Gasteiger partial charge in [-0.25, -0.2) is 4.57 Å². The molecule has 3 heterocycles. The largest absolute Gasteiger partial charge is 0.454 e. The van der Waals surface area contributed by atoms with E-state index in [1.807, 2.05) is 6.20 Å². The summed E-state index contributed by atoms with van der Waals surface area (Å²) in [6.07, 6.45) is 8.77. The predicted octanol–water partition coefficient (Wildman–Crippen LogP) is 8.50. The van der Waals surface area contributed by atoms with Crippen LogP contribution in [0, 0.1) is 18.8 Å². The highest BCUT2D eigenvalue weighted by atomic mass is 16.3. The Labute approximate surface area is 224 Å². The molecule has 2 fully saturated rings. The number of furan rings is 1. The number of nitrogens with zero attached hydrogens (tertiary/aromatic N) is 2. The zero-order chi connectivity index (χ0) is 26.3. The van der Waals surface area contributed by atoms with Gasteiger partial charge in [-0.1, -0.05) is 55.0 Å². The Kier molecular flexibility index (Phi) is 4.57. The smallest absolute Gasteiger partial charge is 0.217 e. The molecule has 0 saturated heterocycles. The van der Waals surface area contributed by atoms with Gasteiger partial charge in [-0.3, -0.25) is 4.98 Å². The average Bonchev–Trinajstić information content (AvgIpc) is 3.67. The van der Waals surface area contributed by atoms with Gasteiger partial charge in [0, 0.05) is 41.4 Å². The number of hydrogen-bond acceptors (Lipinski definition) is 2. The van der Waals surface area contributed by atoms with Gasteiger partial charge in [-0.2, -0.15) is 0 Å². The van der Waals surface area contributed by atoms with Crippen molar-refractivity contribution in [3.63, 3.8) is 0 Å². The minimum Gasteiger partial charge on any atom is -0.454 e. The molecule has 186 valence electrons. The van der Waals surface area contributed by atoms with Crippen LogP contribution in [0.5, 0.6) is 0 Å². The van der Waals surface area contributed by atoms with Gasteiger partial charge >= 0.3 is 0 Å². The number of aromatic nitrogens is 2. The number of fused-ring (bicyclic) bond motifs is 7. The molecule has 38 heavy (non-hydrogen) atoms. The van der Waals surface area contributed by atoms with E-state index in [0.29, 0.717) is 5.92 Å². The van der Waals surface area contributed by atoms with E-state index < -0.39 is 5.89 Å². The third kappa shape index (κ3) is 3.27. The second kappa shape index (κ2) is 8.26. The lowest BCUT2D eigenvalue weighted by molar-refractivity contribution is -0.660. The molecule has 3 aromatic carbocycles. The van der Waals surface area contributed by atoms with Crippen LogP contribution < -0.4 is 4.57 Å². The lowest BCUT2D eigenvalue weighted by Gasteiger charge is -2.21. The number of pyridine rings is 2. The first-order chi connectivity index (χ1) is 19.0. The molecular weight excluding hydrogens is 464 g/mol. The van der Waals surface area contributed by atoms with E-state index in [2.05, 4.69) is 97.5 Å². The summed E-state index contributed by atoms with van der Waals surface area (Å²) in [6, 6.07) is 25.8. The van der Waals surface area contributed by atoms with E-state index in [0.717, 1.165) is 67.7 Å². The van der Waals surface area contributed by atoms with Gasteiger partial charge in [-0.15, -0.1) is 0 Å². The molecule has 0 amide bonds. The van der Waals surface area contributed by atoms with Gasteiger partial charge in [-0.05, 0) is 72.6 Å². The third-order valence-electron chi connectivity index (χ3n) is 9.12. The Bertz CT molecular complexity index is 1920. The first-order valence-corrected chi connectivity index (χ1v) is 13.8. The fourth-order valence-corrected chi connectivity index (χ4v) is 7.12. The monoisotopic (exact) mass is 496 g/mol. The number of rotatable bonds is 3. The summed E-state index contributed by atoms with van der Waals surface area (Å²) in [7, 11) is 2.09. The van der Waals surface area contributed by atoms with Gasteiger partial charge < -0.3 is 4.42 Å². The van der Waals surface area contributed by atoms with Gasteiger partial charge in [0.2, 0.25) is 5.69 Å². The highest BCUT2D eigenvalue weighted by Crippen LogP contribution is 2.52.